The molecule has 0 unspecified atom stereocenters. The summed E-state index contributed by atoms with van der Waals surface area (Å²) in [5.74, 6) is 0.717. The number of carbonyl (C=O) groups is 2. The lowest BCUT2D eigenvalue weighted by Crippen LogP contribution is -2.49. The van der Waals surface area contributed by atoms with Crippen LogP contribution in [0.15, 0.2) is 89.6 Å². The van der Waals surface area contributed by atoms with E-state index in [0.29, 0.717) is 36.8 Å². The van der Waals surface area contributed by atoms with E-state index in [1.54, 1.807) is 30.5 Å². The lowest BCUT2D eigenvalue weighted by Gasteiger charge is -2.34. The molecule has 224 valence electrons. The van der Waals surface area contributed by atoms with Gasteiger partial charge in [-0.25, -0.2) is 0 Å². The van der Waals surface area contributed by atoms with Gasteiger partial charge in [0.1, 0.15) is 6.04 Å². The molecule has 1 saturated heterocycles. The molecule has 2 amide bonds. The van der Waals surface area contributed by atoms with Crippen LogP contribution >= 0.6 is 11.3 Å². The number of rotatable bonds is 12. The van der Waals surface area contributed by atoms with Crippen LogP contribution in [0.5, 0.6) is 17.2 Å². The normalized spacial score (nSPS) is 15.0. The minimum absolute atomic E-state index is 0.127. The van der Waals surface area contributed by atoms with Crippen LogP contribution in [0.4, 0.5) is 0 Å². The summed E-state index contributed by atoms with van der Waals surface area (Å²) >= 11 is 1.66. The minimum Gasteiger partial charge on any atom is -0.493 e. The minimum atomic E-state index is -0.608. The average molecular weight is 599 g/mol. The maximum Gasteiger partial charge on any atom is 0.242 e. The zero-order valence-corrected chi connectivity index (χ0v) is 25.5. The standard InChI is InChI=1S/C35H38N2O5S/c1-40-30-21-26(22-31(41-2)33(30)42-19-16-25-17-20-43-24-25)23-37(29-15-9-10-18-36-34(29)38)35(39)32(27-11-5-3-6-12-27)28-13-7-4-8-14-28/h3-8,11-14,17,20-22,24,29,32H,9-10,15-16,18-19,23H2,1-2H3,(H,36,38)/t29-/m0/s1. The van der Waals surface area contributed by atoms with Gasteiger partial charge in [0, 0.05) is 19.5 Å². The molecule has 1 atom stereocenters. The number of hydrogen-bond acceptors (Lipinski definition) is 6. The molecule has 5 rings (SSSR count). The summed E-state index contributed by atoms with van der Waals surface area (Å²) in [4.78, 5) is 29.8. The Hall–Kier alpha value is -4.30. The highest BCUT2D eigenvalue weighted by atomic mass is 32.1. The Kier molecular flexibility index (Phi) is 10.3. The van der Waals surface area contributed by atoms with Crippen LogP contribution in [0.1, 0.15) is 47.4 Å². The van der Waals surface area contributed by atoms with E-state index in [1.807, 2.05) is 78.2 Å². The van der Waals surface area contributed by atoms with Gasteiger partial charge >= 0.3 is 0 Å². The summed E-state index contributed by atoms with van der Waals surface area (Å²) in [7, 11) is 3.18. The molecule has 3 aromatic carbocycles. The highest BCUT2D eigenvalue weighted by Gasteiger charge is 2.36. The molecule has 1 aliphatic rings. The molecule has 8 heteroatoms. The second-order valence-electron chi connectivity index (χ2n) is 10.6. The number of hydrogen-bond donors (Lipinski definition) is 1. The molecule has 1 aromatic heterocycles. The number of ether oxygens (including phenoxy) is 3. The third-order valence-electron chi connectivity index (χ3n) is 7.77. The molecule has 4 aromatic rings. The van der Waals surface area contributed by atoms with Crippen molar-refractivity contribution in [2.75, 3.05) is 27.4 Å². The summed E-state index contributed by atoms with van der Waals surface area (Å²) in [6.45, 7) is 1.28. The van der Waals surface area contributed by atoms with Gasteiger partial charge in [-0.05, 0) is 70.5 Å². The molecule has 1 aliphatic heterocycles. The predicted molar refractivity (Wildman–Crippen MR) is 169 cm³/mol. The quantitative estimate of drug-likeness (QED) is 0.210. The lowest BCUT2D eigenvalue weighted by atomic mass is 9.89. The summed E-state index contributed by atoms with van der Waals surface area (Å²) in [5.41, 5.74) is 3.75. The van der Waals surface area contributed by atoms with Gasteiger partial charge in [0.05, 0.1) is 26.7 Å². The van der Waals surface area contributed by atoms with E-state index >= 15 is 0 Å². The van der Waals surface area contributed by atoms with Gasteiger partial charge in [-0.1, -0.05) is 60.7 Å². The molecular weight excluding hydrogens is 560 g/mol. The van der Waals surface area contributed by atoms with Crippen molar-refractivity contribution >= 4 is 23.2 Å². The van der Waals surface area contributed by atoms with E-state index in [0.717, 1.165) is 36.0 Å². The number of amides is 2. The van der Waals surface area contributed by atoms with E-state index in [4.69, 9.17) is 14.2 Å². The van der Waals surface area contributed by atoms with Crippen LogP contribution in [0.25, 0.3) is 0 Å². The van der Waals surface area contributed by atoms with Gasteiger partial charge in [-0.3, -0.25) is 9.59 Å². The molecule has 43 heavy (non-hydrogen) atoms. The van der Waals surface area contributed by atoms with E-state index in [-0.39, 0.29) is 18.4 Å². The van der Waals surface area contributed by atoms with E-state index < -0.39 is 12.0 Å². The lowest BCUT2D eigenvalue weighted by molar-refractivity contribution is -0.141. The van der Waals surface area contributed by atoms with Crippen molar-refractivity contribution < 1.29 is 23.8 Å². The Morgan fingerprint density at radius 2 is 1.58 bits per heavy atom. The fourth-order valence-corrected chi connectivity index (χ4v) is 6.27. The molecule has 0 bridgehead atoms. The van der Waals surface area contributed by atoms with E-state index in [9.17, 15) is 9.59 Å². The van der Waals surface area contributed by atoms with Crippen LogP contribution in [0.2, 0.25) is 0 Å². The highest BCUT2D eigenvalue weighted by molar-refractivity contribution is 7.07. The van der Waals surface area contributed by atoms with E-state index in [2.05, 4.69) is 16.8 Å². The molecule has 0 aliphatic carbocycles. The fraction of sp³-hybridized carbons (Fsp3) is 0.314. The molecule has 1 N–H and O–H groups in total. The van der Waals surface area contributed by atoms with E-state index in [1.165, 1.54) is 5.56 Å². The maximum atomic E-state index is 14.7. The Labute approximate surface area is 257 Å². The number of benzene rings is 3. The van der Waals surface area contributed by atoms with Gasteiger partial charge in [0.15, 0.2) is 11.5 Å². The number of thiophene rings is 1. The Morgan fingerprint density at radius 1 is 0.930 bits per heavy atom. The molecule has 0 spiro atoms. The highest BCUT2D eigenvalue weighted by Crippen LogP contribution is 2.40. The van der Waals surface area contributed by atoms with Gasteiger partial charge in [0.25, 0.3) is 0 Å². The Morgan fingerprint density at radius 3 is 2.16 bits per heavy atom. The SMILES string of the molecule is COc1cc(CN(C(=O)C(c2ccccc2)c2ccccc2)[C@H]2CCCCNC2=O)cc(OC)c1OCCc1ccsc1. The second kappa shape index (κ2) is 14.7. The van der Waals surface area contributed by atoms with Crippen LogP contribution in [-0.4, -0.2) is 50.1 Å². The topological polar surface area (TPSA) is 77.1 Å². The molecule has 0 saturated carbocycles. The van der Waals surface area contributed by atoms with Crippen LogP contribution < -0.4 is 19.5 Å². The number of nitrogens with zero attached hydrogens (tertiary/aromatic N) is 1. The van der Waals surface area contributed by atoms with Gasteiger partial charge in [-0.15, -0.1) is 0 Å². The monoisotopic (exact) mass is 598 g/mol. The van der Waals surface area contributed by atoms with Gasteiger partial charge in [0.2, 0.25) is 17.6 Å². The van der Waals surface area contributed by atoms with Gasteiger partial charge in [-0.2, -0.15) is 11.3 Å². The summed E-state index contributed by atoms with van der Waals surface area (Å²) < 4.78 is 17.6. The number of methoxy groups -OCH3 is 2. The molecular formula is C35H38N2O5S. The number of nitrogens with one attached hydrogen (secondary N) is 1. The zero-order valence-electron chi connectivity index (χ0n) is 24.7. The first-order valence-electron chi connectivity index (χ1n) is 14.7. The van der Waals surface area contributed by atoms with Crippen molar-refractivity contribution in [3.05, 3.63) is 112 Å². The molecule has 2 heterocycles. The van der Waals surface area contributed by atoms with Crippen LogP contribution in [0, 0.1) is 0 Å². The Balaban J connectivity index is 1.50. The summed E-state index contributed by atoms with van der Waals surface area (Å²) in [6, 6.07) is 24.7. The smallest absolute Gasteiger partial charge is 0.242 e. The first-order chi connectivity index (χ1) is 21.1. The van der Waals surface area contributed by atoms with Crippen molar-refractivity contribution in [2.45, 2.75) is 44.2 Å². The van der Waals surface area contributed by atoms with Crippen molar-refractivity contribution in [2.24, 2.45) is 0 Å². The van der Waals surface area contributed by atoms with Crippen LogP contribution in [-0.2, 0) is 22.6 Å². The maximum absolute atomic E-state index is 14.7. The largest absolute Gasteiger partial charge is 0.493 e. The number of carbonyl (C=O) groups excluding carboxylic acids is 2. The van der Waals surface area contributed by atoms with Crippen molar-refractivity contribution in [3.63, 3.8) is 0 Å². The van der Waals surface area contributed by atoms with Crippen LogP contribution in [0.3, 0.4) is 0 Å². The predicted octanol–water partition coefficient (Wildman–Crippen LogP) is 6.22. The zero-order chi connectivity index (χ0) is 30.0. The Bertz CT molecular complexity index is 1410. The molecule has 7 nitrogen and oxygen atoms in total. The third-order valence-corrected chi connectivity index (χ3v) is 8.50. The first kappa shape index (κ1) is 30.2. The van der Waals surface area contributed by atoms with Crippen molar-refractivity contribution in [1.29, 1.82) is 0 Å². The van der Waals surface area contributed by atoms with Crippen molar-refractivity contribution in [3.8, 4) is 17.2 Å². The third kappa shape index (κ3) is 7.38. The average Bonchev–Trinajstić information content (AvgIpc) is 3.47. The van der Waals surface area contributed by atoms with Gasteiger partial charge < -0.3 is 24.4 Å². The fourth-order valence-electron chi connectivity index (χ4n) is 5.57. The summed E-state index contributed by atoms with van der Waals surface area (Å²) in [5, 5.41) is 7.18. The summed E-state index contributed by atoms with van der Waals surface area (Å²) in [6.07, 6.45) is 3.07. The molecule has 1 fully saturated rings. The molecule has 0 radical (unpaired) electrons. The second-order valence-corrected chi connectivity index (χ2v) is 11.4. The first-order valence-corrected chi connectivity index (χ1v) is 15.6. The van der Waals surface area contributed by atoms with Crippen molar-refractivity contribution in [1.82, 2.24) is 10.2 Å².